The maximum absolute atomic E-state index is 12.1. The number of carboxylic acid groups (broad SMARTS) is 1. The fourth-order valence-electron chi connectivity index (χ4n) is 2.17. The number of hydrogen-bond acceptors (Lipinski definition) is 4. The fourth-order valence-corrected chi connectivity index (χ4v) is 3.00. The molecule has 0 spiro atoms. The van der Waals surface area contributed by atoms with Crippen LogP contribution in [0.5, 0.6) is 0 Å². The number of benzene rings is 1. The molecule has 0 aliphatic heterocycles. The van der Waals surface area contributed by atoms with Gasteiger partial charge in [-0.25, -0.2) is 9.78 Å². The van der Waals surface area contributed by atoms with E-state index in [1.165, 1.54) is 11.3 Å². The van der Waals surface area contributed by atoms with Crippen LogP contribution in [0.15, 0.2) is 35.7 Å². The highest BCUT2D eigenvalue weighted by atomic mass is 32.1. The molecule has 1 heterocycles. The largest absolute Gasteiger partial charge is 0.480 e. The summed E-state index contributed by atoms with van der Waals surface area (Å²) in [7, 11) is 0. The average Bonchev–Trinajstić information content (AvgIpc) is 3.01. The second kappa shape index (κ2) is 7.87. The van der Waals surface area contributed by atoms with Crippen molar-refractivity contribution in [1.82, 2.24) is 10.3 Å². The zero-order chi connectivity index (χ0) is 16.8. The van der Waals surface area contributed by atoms with Gasteiger partial charge in [-0.05, 0) is 5.92 Å². The van der Waals surface area contributed by atoms with Gasteiger partial charge in [-0.15, -0.1) is 11.3 Å². The molecule has 2 rings (SSSR count). The van der Waals surface area contributed by atoms with E-state index in [1.807, 2.05) is 49.6 Å². The third-order valence-electron chi connectivity index (χ3n) is 3.71. The number of hydrogen-bond donors (Lipinski definition) is 2. The minimum atomic E-state index is -1.00. The molecule has 0 bridgehead atoms. The van der Waals surface area contributed by atoms with E-state index in [-0.39, 0.29) is 18.2 Å². The third kappa shape index (κ3) is 4.63. The Bertz CT molecular complexity index is 669. The second-order valence-corrected chi connectivity index (χ2v) is 6.31. The molecule has 5 nitrogen and oxygen atoms in total. The van der Waals surface area contributed by atoms with Gasteiger partial charge in [0.2, 0.25) is 5.91 Å². The first-order chi connectivity index (χ1) is 11.0. The summed E-state index contributed by atoms with van der Waals surface area (Å²) in [6, 6.07) is 8.88. The standard InChI is InChI=1S/C17H20N2O3S/c1-3-11(2)15(17(21)22)19-14(20)9-13-10-23-16(18-13)12-7-5-4-6-8-12/h4-8,10-11,15H,3,9H2,1-2H3,(H,19,20)(H,21,22)/t11-,15+/m0/s1. The zero-order valence-electron chi connectivity index (χ0n) is 13.2. The first kappa shape index (κ1) is 17.1. The maximum Gasteiger partial charge on any atom is 0.326 e. The highest BCUT2D eigenvalue weighted by Gasteiger charge is 2.25. The number of amides is 1. The minimum absolute atomic E-state index is 0.0869. The summed E-state index contributed by atoms with van der Waals surface area (Å²) in [6.07, 6.45) is 0.773. The van der Waals surface area contributed by atoms with Gasteiger partial charge >= 0.3 is 5.97 Å². The van der Waals surface area contributed by atoms with Crippen LogP contribution >= 0.6 is 11.3 Å². The van der Waals surface area contributed by atoms with Crippen LogP contribution in [-0.2, 0) is 16.0 Å². The number of carbonyl (C=O) groups excluding carboxylic acids is 1. The Morgan fingerprint density at radius 2 is 2.00 bits per heavy atom. The van der Waals surface area contributed by atoms with E-state index in [0.717, 1.165) is 10.6 Å². The topological polar surface area (TPSA) is 79.3 Å². The summed E-state index contributed by atoms with van der Waals surface area (Å²) in [5.41, 5.74) is 1.66. The molecule has 0 unspecified atom stereocenters. The summed E-state index contributed by atoms with van der Waals surface area (Å²) in [4.78, 5) is 27.8. The minimum Gasteiger partial charge on any atom is -0.480 e. The number of rotatable bonds is 7. The first-order valence-corrected chi connectivity index (χ1v) is 8.41. The van der Waals surface area contributed by atoms with Gasteiger partial charge in [0.15, 0.2) is 0 Å². The second-order valence-electron chi connectivity index (χ2n) is 5.46. The lowest BCUT2D eigenvalue weighted by atomic mass is 9.99. The van der Waals surface area contributed by atoms with Crippen molar-refractivity contribution in [2.45, 2.75) is 32.7 Å². The van der Waals surface area contributed by atoms with Crippen molar-refractivity contribution in [2.24, 2.45) is 5.92 Å². The molecule has 0 aliphatic carbocycles. The van der Waals surface area contributed by atoms with Crippen LogP contribution in [0.1, 0.15) is 26.0 Å². The van der Waals surface area contributed by atoms with Crippen LogP contribution < -0.4 is 5.32 Å². The molecule has 2 N–H and O–H groups in total. The molecule has 0 fully saturated rings. The number of carbonyl (C=O) groups is 2. The number of nitrogens with zero attached hydrogens (tertiary/aromatic N) is 1. The van der Waals surface area contributed by atoms with E-state index in [0.29, 0.717) is 12.1 Å². The summed E-state index contributed by atoms with van der Waals surface area (Å²) in [5.74, 6) is -1.44. The lowest BCUT2D eigenvalue weighted by Crippen LogP contribution is -2.45. The monoisotopic (exact) mass is 332 g/mol. The van der Waals surface area contributed by atoms with Crippen LogP contribution in [0.25, 0.3) is 10.6 Å². The quantitative estimate of drug-likeness (QED) is 0.817. The summed E-state index contributed by atoms with van der Waals surface area (Å²) in [6.45, 7) is 3.72. The highest BCUT2D eigenvalue weighted by molar-refractivity contribution is 7.13. The van der Waals surface area contributed by atoms with Gasteiger partial charge in [0.25, 0.3) is 0 Å². The Labute approximate surface area is 139 Å². The SMILES string of the molecule is CC[C@H](C)[C@@H](NC(=O)Cc1csc(-c2ccccc2)n1)C(=O)O. The van der Waals surface area contributed by atoms with Crippen molar-refractivity contribution in [3.63, 3.8) is 0 Å². The van der Waals surface area contributed by atoms with Crippen molar-refractivity contribution in [2.75, 3.05) is 0 Å². The van der Waals surface area contributed by atoms with Crippen molar-refractivity contribution < 1.29 is 14.7 Å². The molecule has 2 atom stereocenters. The van der Waals surface area contributed by atoms with E-state index >= 15 is 0 Å². The van der Waals surface area contributed by atoms with E-state index < -0.39 is 12.0 Å². The molecule has 6 heteroatoms. The fraction of sp³-hybridized carbons (Fsp3) is 0.353. The van der Waals surface area contributed by atoms with Crippen LogP contribution in [0.3, 0.4) is 0 Å². The van der Waals surface area contributed by atoms with E-state index in [2.05, 4.69) is 10.3 Å². The van der Waals surface area contributed by atoms with Crippen molar-refractivity contribution in [3.8, 4) is 10.6 Å². The van der Waals surface area contributed by atoms with E-state index in [1.54, 1.807) is 0 Å². The number of nitrogens with one attached hydrogen (secondary N) is 1. The Kier molecular flexibility index (Phi) is 5.87. The Balaban J connectivity index is 2.01. The normalized spacial score (nSPS) is 13.3. The van der Waals surface area contributed by atoms with Crippen molar-refractivity contribution in [1.29, 1.82) is 0 Å². The summed E-state index contributed by atoms with van der Waals surface area (Å²) < 4.78 is 0. The molecule has 0 saturated heterocycles. The molecule has 0 aliphatic rings. The van der Waals surface area contributed by atoms with Gasteiger partial charge in [0, 0.05) is 10.9 Å². The van der Waals surface area contributed by atoms with Crippen LogP contribution in [0.4, 0.5) is 0 Å². The number of carboxylic acids is 1. The first-order valence-electron chi connectivity index (χ1n) is 7.53. The van der Waals surface area contributed by atoms with Gasteiger partial charge < -0.3 is 10.4 Å². The molecule has 0 radical (unpaired) electrons. The zero-order valence-corrected chi connectivity index (χ0v) is 14.0. The van der Waals surface area contributed by atoms with Crippen LogP contribution in [0, 0.1) is 5.92 Å². The Hall–Kier alpha value is -2.21. The Morgan fingerprint density at radius 3 is 2.61 bits per heavy atom. The molecule has 2 aromatic rings. The number of aliphatic carboxylic acids is 1. The van der Waals surface area contributed by atoms with E-state index in [9.17, 15) is 14.7 Å². The van der Waals surface area contributed by atoms with Crippen molar-refractivity contribution in [3.05, 3.63) is 41.4 Å². The molecule has 1 amide bonds. The van der Waals surface area contributed by atoms with Gasteiger partial charge in [-0.3, -0.25) is 4.79 Å². The predicted molar refractivity (Wildman–Crippen MR) is 90.3 cm³/mol. The lowest BCUT2D eigenvalue weighted by Gasteiger charge is -2.19. The molecule has 23 heavy (non-hydrogen) atoms. The van der Waals surface area contributed by atoms with Gasteiger partial charge in [-0.2, -0.15) is 0 Å². The van der Waals surface area contributed by atoms with Crippen LogP contribution in [0.2, 0.25) is 0 Å². The summed E-state index contributed by atoms with van der Waals surface area (Å²) >= 11 is 1.47. The summed E-state index contributed by atoms with van der Waals surface area (Å²) in [5, 5.41) is 14.5. The van der Waals surface area contributed by atoms with Crippen molar-refractivity contribution >= 4 is 23.2 Å². The molecule has 0 saturated carbocycles. The average molecular weight is 332 g/mol. The van der Waals surface area contributed by atoms with Gasteiger partial charge in [0.1, 0.15) is 11.0 Å². The van der Waals surface area contributed by atoms with Crippen LogP contribution in [-0.4, -0.2) is 28.0 Å². The molecule has 1 aromatic heterocycles. The van der Waals surface area contributed by atoms with Gasteiger partial charge in [-0.1, -0.05) is 50.6 Å². The lowest BCUT2D eigenvalue weighted by molar-refractivity contribution is -0.143. The number of aromatic nitrogens is 1. The number of thiazole rings is 1. The maximum atomic E-state index is 12.1. The molecule has 1 aromatic carbocycles. The van der Waals surface area contributed by atoms with E-state index in [4.69, 9.17) is 0 Å². The molecular formula is C17H20N2O3S. The molecular weight excluding hydrogens is 312 g/mol. The third-order valence-corrected chi connectivity index (χ3v) is 4.65. The smallest absolute Gasteiger partial charge is 0.326 e. The Morgan fingerprint density at radius 1 is 1.30 bits per heavy atom. The predicted octanol–water partition coefficient (Wildman–Crippen LogP) is 2.97. The molecule has 122 valence electrons. The highest BCUT2D eigenvalue weighted by Crippen LogP contribution is 2.23. The van der Waals surface area contributed by atoms with Gasteiger partial charge in [0.05, 0.1) is 12.1 Å².